The second kappa shape index (κ2) is 5.91. The molecule has 5 heteroatoms. The van der Waals surface area contributed by atoms with Crippen molar-refractivity contribution in [3.05, 3.63) is 42.5 Å². The number of alkyl halides is 3. The molecular weight excluding hydrogens is 249 g/mol. The molecule has 1 nitrogen and oxygen atoms in total. The van der Waals surface area contributed by atoms with Gasteiger partial charge in [0.1, 0.15) is 0 Å². The SMILES string of the molecule is C=CCCC(=O)c1ccc(SC(F)(F)F)cc1. The van der Waals surface area contributed by atoms with Crippen LogP contribution in [-0.4, -0.2) is 11.3 Å². The molecule has 1 aromatic rings. The van der Waals surface area contributed by atoms with Gasteiger partial charge in [0, 0.05) is 16.9 Å². The van der Waals surface area contributed by atoms with Gasteiger partial charge in [0.15, 0.2) is 5.78 Å². The Kier molecular flexibility index (Phi) is 4.81. The molecule has 0 bridgehead atoms. The van der Waals surface area contributed by atoms with Crippen LogP contribution >= 0.6 is 11.8 Å². The predicted octanol–water partition coefficient (Wildman–Crippen LogP) is 4.45. The summed E-state index contributed by atoms with van der Waals surface area (Å²) in [6.45, 7) is 3.50. The van der Waals surface area contributed by atoms with E-state index in [9.17, 15) is 18.0 Å². The highest BCUT2D eigenvalue weighted by Gasteiger charge is 2.29. The third-order valence-corrected chi connectivity index (χ3v) is 2.72. The zero-order chi connectivity index (χ0) is 12.9. The first-order chi connectivity index (χ1) is 7.92. The number of hydrogen-bond donors (Lipinski definition) is 0. The molecule has 17 heavy (non-hydrogen) atoms. The van der Waals surface area contributed by atoms with Crippen molar-refractivity contribution in [3.8, 4) is 0 Å². The maximum absolute atomic E-state index is 12.1. The van der Waals surface area contributed by atoms with Crippen molar-refractivity contribution in [2.24, 2.45) is 0 Å². The van der Waals surface area contributed by atoms with E-state index in [0.717, 1.165) is 0 Å². The number of ketones is 1. The van der Waals surface area contributed by atoms with Crippen molar-refractivity contribution in [1.82, 2.24) is 0 Å². The van der Waals surface area contributed by atoms with Crippen LogP contribution in [0.1, 0.15) is 23.2 Å². The Morgan fingerprint density at radius 3 is 2.35 bits per heavy atom. The van der Waals surface area contributed by atoms with Crippen molar-refractivity contribution < 1.29 is 18.0 Å². The van der Waals surface area contributed by atoms with Crippen molar-refractivity contribution >= 4 is 17.5 Å². The molecule has 0 aliphatic rings. The van der Waals surface area contributed by atoms with Gasteiger partial charge in [0.2, 0.25) is 0 Å². The van der Waals surface area contributed by atoms with Gasteiger partial charge >= 0.3 is 5.51 Å². The Hall–Kier alpha value is -1.23. The summed E-state index contributed by atoms with van der Waals surface area (Å²) in [7, 11) is 0. The Morgan fingerprint density at radius 1 is 1.29 bits per heavy atom. The molecule has 0 saturated heterocycles. The molecule has 0 atom stereocenters. The fraction of sp³-hybridized carbons (Fsp3) is 0.250. The molecule has 0 unspecified atom stereocenters. The van der Waals surface area contributed by atoms with Gasteiger partial charge in [0.25, 0.3) is 0 Å². The van der Waals surface area contributed by atoms with Crippen LogP contribution in [0.25, 0.3) is 0 Å². The normalized spacial score (nSPS) is 11.2. The molecule has 92 valence electrons. The average Bonchev–Trinajstić information content (AvgIpc) is 2.24. The summed E-state index contributed by atoms with van der Waals surface area (Å²) in [6.07, 6.45) is 2.53. The van der Waals surface area contributed by atoms with Gasteiger partial charge in [-0.2, -0.15) is 13.2 Å². The van der Waals surface area contributed by atoms with Crippen LogP contribution in [-0.2, 0) is 0 Å². The van der Waals surface area contributed by atoms with Gasteiger partial charge in [-0.3, -0.25) is 4.79 Å². The van der Waals surface area contributed by atoms with Crippen LogP contribution in [0.15, 0.2) is 41.8 Å². The van der Waals surface area contributed by atoms with Crippen LogP contribution in [0.2, 0.25) is 0 Å². The Labute approximate surface area is 102 Å². The summed E-state index contributed by atoms with van der Waals surface area (Å²) in [5, 5.41) is 0. The van der Waals surface area contributed by atoms with E-state index in [1.165, 1.54) is 24.3 Å². The first kappa shape index (κ1) is 13.8. The largest absolute Gasteiger partial charge is 0.446 e. The molecule has 0 aliphatic carbocycles. The molecule has 0 amide bonds. The average molecular weight is 260 g/mol. The van der Waals surface area contributed by atoms with E-state index in [0.29, 0.717) is 18.4 Å². The van der Waals surface area contributed by atoms with Gasteiger partial charge in [-0.15, -0.1) is 6.58 Å². The molecule has 1 aromatic carbocycles. The van der Waals surface area contributed by atoms with Crippen molar-refractivity contribution in [1.29, 1.82) is 0 Å². The molecule has 1 rings (SSSR count). The van der Waals surface area contributed by atoms with Crippen molar-refractivity contribution in [2.75, 3.05) is 0 Å². The van der Waals surface area contributed by atoms with E-state index in [-0.39, 0.29) is 22.4 Å². The Morgan fingerprint density at radius 2 is 1.88 bits per heavy atom. The Balaban J connectivity index is 2.67. The minimum atomic E-state index is -4.30. The smallest absolute Gasteiger partial charge is 0.294 e. The minimum absolute atomic E-state index is 0.0813. The summed E-state index contributed by atoms with van der Waals surface area (Å²) in [4.78, 5) is 11.6. The highest BCUT2D eigenvalue weighted by Crippen LogP contribution is 2.36. The first-order valence-corrected chi connectivity index (χ1v) is 5.74. The van der Waals surface area contributed by atoms with Crippen LogP contribution in [0.5, 0.6) is 0 Å². The quantitative estimate of drug-likeness (QED) is 0.442. The van der Waals surface area contributed by atoms with Gasteiger partial charge < -0.3 is 0 Å². The second-order valence-electron chi connectivity index (χ2n) is 3.32. The molecule has 0 spiro atoms. The van der Waals surface area contributed by atoms with E-state index in [1.807, 2.05) is 0 Å². The maximum atomic E-state index is 12.1. The lowest BCUT2D eigenvalue weighted by Crippen LogP contribution is -2.00. The number of thioether (sulfide) groups is 1. The van der Waals surface area contributed by atoms with Gasteiger partial charge in [-0.05, 0) is 30.3 Å². The van der Waals surface area contributed by atoms with Crippen LogP contribution in [0.4, 0.5) is 13.2 Å². The number of halogens is 3. The topological polar surface area (TPSA) is 17.1 Å². The molecule has 0 N–H and O–H groups in total. The number of carbonyl (C=O) groups excluding carboxylic acids is 1. The lowest BCUT2D eigenvalue weighted by Gasteiger charge is -2.06. The zero-order valence-electron chi connectivity index (χ0n) is 8.96. The van der Waals surface area contributed by atoms with Gasteiger partial charge in [0.05, 0.1) is 0 Å². The van der Waals surface area contributed by atoms with Gasteiger partial charge in [-0.1, -0.05) is 18.2 Å². The number of rotatable bonds is 5. The number of benzene rings is 1. The highest BCUT2D eigenvalue weighted by molar-refractivity contribution is 8.00. The standard InChI is InChI=1S/C12H11F3OS/c1-2-3-4-11(16)9-5-7-10(8-6-9)17-12(13,14)15/h2,5-8H,1,3-4H2. The van der Waals surface area contributed by atoms with E-state index < -0.39 is 5.51 Å². The fourth-order valence-corrected chi connectivity index (χ4v) is 1.76. The van der Waals surface area contributed by atoms with Crippen LogP contribution < -0.4 is 0 Å². The van der Waals surface area contributed by atoms with E-state index in [1.54, 1.807) is 6.08 Å². The summed E-state index contributed by atoms with van der Waals surface area (Å²) in [6, 6.07) is 5.44. The van der Waals surface area contributed by atoms with Crippen LogP contribution in [0, 0.1) is 0 Å². The lowest BCUT2D eigenvalue weighted by molar-refractivity contribution is -0.0328. The van der Waals surface area contributed by atoms with E-state index >= 15 is 0 Å². The Bertz CT molecular complexity index is 395. The van der Waals surface area contributed by atoms with Crippen molar-refractivity contribution in [3.63, 3.8) is 0 Å². The van der Waals surface area contributed by atoms with Gasteiger partial charge in [-0.25, -0.2) is 0 Å². The first-order valence-electron chi connectivity index (χ1n) is 4.92. The third-order valence-electron chi connectivity index (χ3n) is 1.99. The molecule has 0 heterocycles. The number of allylic oxidation sites excluding steroid dienone is 1. The summed E-state index contributed by atoms with van der Waals surface area (Å²) in [5.41, 5.74) is -3.87. The predicted molar refractivity (Wildman–Crippen MR) is 62.1 cm³/mol. The summed E-state index contributed by atoms with van der Waals surface area (Å²) >= 11 is -0.188. The monoisotopic (exact) mass is 260 g/mol. The van der Waals surface area contributed by atoms with Crippen molar-refractivity contribution in [2.45, 2.75) is 23.2 Å². The summed E-state index contributed by atoms with van der Waals surface area (Å²) in [5.74, 6) is -0.0894. The number of hydrogen-bond acceptors (Lipinski definition) is 2. The second-order valence-corrected chi connectivity index (χ2v) is 4.46. The van der Waals surface area contributed by atoms with E-state index in [4.69, 9.17) is 0 Å². The highest BCUT2D eigenvalue weighted by atomic mass is 32.2. The maximum Gasteiger partial charge on any atom is 0.446 e. The third kappa shape index (κ3) is 5.08. The molecule has 0 fully saturated rings. The van der Waals surface area contributed by atoms with Crippen LogP contribution in [0.3, 0.4) is 0 Å². The lowest BCUT2D eigenvalue weighted by atomic mass is 10.1. The molecule has 0 aliphatic heterocycles. The fourth-order valence-electron chi connectivity index (χ4n) is 1.22. The zero-order valence-corrected chi connectivity index (χ0v) is 9.77. The molecular formula is C12H11F3OS. The molecule has 0 radical (unpaired) electrons. The minimum Gasteiger partial charge on any atom is -0.294 e. The van der Waals surface area contributed by atoms with E-state index in [2.05, 4.69) is 6.58 Å². The number of Topliss-reactive ketones (excluding diaryl/α,β-unsaturated/α-hetero) is 1. The molecule has 0 saturated carbocycles. The number of carbonyl (C=O) groups is 1. The molecule has 0 aromatic heterocycles. The summed E-state index contributed by atoms with van der Waals surface area (Å²) < 4.78 is 36.2.